The van der Waals surface area contributed by atoms with E-state index in [4.69, 9.17) is 4.74 Å². The molecule has 31 heavy (non-hydrogen) atoms. The summed E-state index contributed by atoms with van der Waals surface area (Å²) in [6.45, 7) is 7.10. The van der Waals surface area contributed by atoms with Crippen LogP contribution in [-0.4, -0.2) is 63.5 Å². The van der Waals surface area contributed by atoms with Gasteiger partial charge < -0.3 is 24.4 Å². The van der Waals surface area contributed by atoms with E-state index >= 15 is 0 Å². The normalized spacial score (nSPS) is 21.9. The molecule has 3 aliphatic rings. The zero-order valence-corrected chi connectivity index (χ0v) is 18.2. The Morgan fingerprint density at radius 1 is 1.13 bits per heavy atom. The number of nitrogens with zero attached hydrogens (tertiary/aromatic N) is 6. The molecule has 1 N–H and O–H groups in total. The number of pyridine rings is 1. The number of hydrogen-bond acceptors (Lipinski definition) is 6. The van der Waals surface area contributed by atoms with Crippen LogP contribution in [0.1, 0.15) is 61.8 Å². The minimum atomic E-state index is -0.0854. The highest BCUT2D eigenvalue weighted by atomic mass is 16.5. The van der Waals surface area contributed by atoms with E-state index < -0.39 is 0 Å². The average molecular weight is 426 g/mol. The molecule has 1 aliphatic carbocycles. The molecular formula is C22H31N7O2. The molecule has 1 saturated heterocycles. The van der Waals surface area contributed by atoms with E-state index in [9.17, 15) is 4.79 Å². The first-order valence-electron chi connectivity index (χ1n) is 11.5. The molecule has 2 fully saturated rings. The predicted octanol–water partition coefficient (Wildman–Crippen LogP) is 2.45. The van der Waals surface area contributed by atoms with Gasteiger partial charge in [-0.3, -0.25) is 0 Å². The molecule has 4 heterocycles. The fraction of sp³-hybridized carbons (Fsp3) is 0.636. The molecule has 0 bridgehead atoms. The van der Waals surface area contributed by atoms with Crippen LogP contribution in [0.15, 0.2) is 18.3 Å². The largest absolute Gasteiger partial charge is 0.378 e. The van der Waals surface area contributed by atoms with Gasteiger partial charge in [0.05, 0.1) is 19.3 Å². The maximum atomic E-state index is 13.0. The number of amides is 2. The van der Waals surface area contributed by atoms with E-state index in [1.54, 1.807) is 0 Å². The molecule has 1 atom stereocenters. The van der Waals surface area contributed by atoms with Crippen molar-refractivity contribution in [1.82, 2.24) is 30.0 Å². The number of ether oxygens (including phenoxy) is 1. The van der Waals surface area contributed by atoms with Gasteiger partial charge in [0.15, 0.2) is 5.82 Å². The lowest BCUT2D eigenvalue weighted by molar-refractivity contribution is 0.122. The maximum Gasteiger partial charge on any atom is 0.318 e. The Kier molecular flexibility index (Phi) is 5.76. The third kappa shape index (κ3) is 4.11. The molecular weight excluding hydrogens is 394 g/mol. The Bertz CT molecular complexity index is 918. The van der Waals surface area contributed by atoms with Gasteiger partial charge in [-0.1, -0.05) is 12.8 Å². The number of rotatable bonds is 4. The number of carbonyl (C=O) groups is 1. The zero-order valence-electron chi connectivity index (χ0n) is 18.2. The molecule has 0 spiro atoms. The number of carbonyl (C=O) groups excluding carboxylic acids is 1. The van der Waals surface area contributed by atoms with Gasteiger partial charge in [0, 0.05) is 44.8 Å². The van der Waals surface area contributed by atoms with Crippen LogP contribution in [0.2, 0.25) is 0 Å². The Labute approximate surface area is 182 Å². The number of anilines is 1. The summed E-state index contributed by atoms with van der Waals surface area (Å²) < 4.78 is 7.67. The fourth-order valence-electron chi connectivity index (χ4n) is 4.99. The summed E-state index contributed by atoms with van der Waals surface area (Å²) in [5, 5.41) is 12.1. The smallest absolute Gasteiger partial charge is 0.318 e. The summed E-state index contributed by atoms with van der Waals surface area (Å²) >= 11 is 0. The van der Waals surface area contributed by atoms with E-state index in [0.717, 1.165) is 55.9 Å². The van der Waals surface area contributed by atoms with Crippen LogP contribution in [0.25, 0.3) is 0 Å². The lowest BCUT2D eigenvalue weighted by atomic mass is 10.1. The van der Waals surface area contributed by atoms with Gasteiger partial charge in [0.2, 0.25) is 0 Å². The summed E-state index contributed by atoms with van der Waals surface area (Å²) in [6.07, 6.45) is 6.77. The van der Waals surface area contributed by atoms with Crippen LogP contribution < -0.4 is 10.2 Å². The van der Waals surface area contributed by atoms with Crippen molar-refractivity contribution in [3.05, 3.63) is 35.5 Å². The standard InChI is InChI=1S/C22H31N7O2/c1-16-20-25-26-21(18-4-2-3-5-18)29(20)9-8-28(16)22(30)24-15-17-6-7-23-19(14-17)27-10-12-31-13-11-27/h6-7,14,16,18H,2-5,8-13,15H2,1H3,(H,24,30). The van der Waals surface area contributed by atoms with Crippen molar-refractivity contribution in [1.29, 1.82) is 0 Å². The monoisotopic (exact) mass is 425 g/mol. The van der Waals surface area contributed by atoms with Gasteiger partial charge in [-0.2, -0.15) is 0 Å². The molecule has 2 aliphatic heterocycles. The average Bonchev–Trinajstić information content (AvgIpc) is 3.49. The molecule has 1 unspecified atom stereocenters. The van der Waals surface area contributed by atoms with Gasteiger partial charge in [-0.05, 0) is 37.5 Å². The van der Waals surface area contributed by atoms with E-state index in [-0.39, 0.29) is 12.1 Å². The lowest BCUT2D eigenvalue weighted by Gasteiger charge is -2.34. The topological polar surface area (TPSA) is 88.4 Å². The van der Waals surface area contributed by atoms with Crippen molar-refractivity contribution in [3.63, 3.8) is 0 Å². The van der Waals surface area contributed by atoms with Crippen molar-refractivity contribution >= 4 is 11.8 Å². The molecule has 0 aromatic carbocycles. The van der Waals surface area contributed by atoms with Gasteiger partial charge in [-0.15, -0.1) is 10.2 Å². The highest BCUT2D eigenvalue weighted by molar-refractivity contribution is 5.74. The quantitative estimate of drug-likeness (QED) is 0.810. The van der Waals surface area contributed by atoms with Crippen molar-refractivity contribution in [2.75, 3.05) is 37.7 Å². The molecule has 0 radical (unpaired) electrons. The minimum Gasteiger partial charge on any atom is -0.378 e. The van der Waals surface area contributed by atoms with E-state index in [1.807, 2.05) is 24.1 Å². The highest BCUT2D eigenvalue weighted by Gasteiger charge is 2.33. The van der Waals surface area contributed by atoms with Crippen LogP contribution in [0.3, 0.4) is 0 Å². The second-order valence-electron chi connectivity index (χ2n) is 8.70. The number of nitrogens with one attached hydrogen (secondary N) is 1. The third-order valence-electron chi connectivity index (χ3n) is 6.78. The maximum absolute atomic E-state index is 13.0. The summed E-state index contributed by atoms with van der Waals surface area (Å²) in [5.41, 5.74) is 1.04. The third-order valence-corrected chi connectivity index (χ3v) is 6.78. The highest BCUT2D eigenvalue weighted by Crippen LogP contribution is 2.35. The molecule has 2 aromatic rings. The van der Waals surface area contributed by atoms with Crippen molar-refractivity contribution in [2.45, 2.75) is 57.7 Å². The van der Waals surface area contributed by atoms with Gasteiger partial charge in [-0.25, -0.2) is 9.78 Å². The minimum absolute atomic E-state index is 0.0612. The molecule has 9 nitrogen and oxygen atoms in total. The van der Waals surface area contributed by atoms with Crippen LogP contribution in [0.5, 0.6) is 0 Å². The summed E-state index contributed by atoms with van der Waals surface area (Å²) in [7, 11) is 0. The van der Waals surface area contributed by atoms with Crippen LogP contribution in [-0.2, 0) is 17.8 Å². The number of urea groups is 1. The second-order valence-corrected chi connectivity index (χ2v) is 8.70. The molecule has 1 saturated carbocycles. The second kappa shape index (κ2) is 8.82. The lowest BCUT2D eigenvalue weighted by Crippen LogP contribution is -2.46. The van der Waals surface area contributed by atoms with Crippen LogP contribution in [0, 0.1) is 0 Å². The van der Waals surface area contributed by atoms with Crippen molar-refractivity contribution in [2.24, 2.45) is 0 Å². The number of morpholine rings is 1. The number of fused-ring (bicyclic) bond motifs is 1. The Morgan fingerprint density at radius 2 is 1.90 bits per heavy atom. The first-order chi connectivity index (χ1) is 15.2. The summed E-state index contributed by atoms with van der Waals surface area (Å²) in [4.78, 5) is 21.5. The summed E-state index contributed by atoms with van der Waals surface area (Å²) in [5.74, 6) is 3.49. The van der Waals surface area contributed by atoms with Crippen LogP contribution in [0.4, 0.5) is 10.6 Å². The van der Waals surface area contributed by atoms with Gasteiger partial charge >= 0.3 is 6.03 Å². The van der Waals surface area contributed by atoms with Crippen molar-refractivity contribution < 1.29 is 9.53 Å². The first-order valence-corrected chi connectivity index (χ1v) is 11.5. The number of hydrogen-bond donors (Lipinski definition) is 1. The molecule has 166 valence electrons. The summed E-state index contributed by atoms with van der Waals surface area (Å²) in [6, 6.07) is 3.86. The Morgan fingerprint density at radius 3 is 2.71 bits per heavy atom. The molecule has 9 heteroatoms. The fourth-order valence-corrected chi connectivity index (χ4v) is 4.99. The molecule has 5 rings (SSSR count). The van der Waals surface area contributed by atoms with E-state index in [0.29, 0.717) is 19.0 Å². The van der Waals surface area contributed by atoms with Gasteiger partial charge in [0.1, 0.15) is 11.6 Å². The number of aromatic nitrogens is 4. The van der Waals surface area contributed by atoms with Crippen molar-refractivity contribution in [3.8, 4) is 0 Å². The van der Waals surface area contributed by atoms with Crippen LogP contribution >= 0.6 is 0 Å². The van der Waals surface area contributed by atoms with E-state index in [2.05, 4.69) is 36.0 Å². The zero-order chi connectivity index (χ0) is 21.2. The predicted molar refractivity (Wildman–Crippen MR) is 116 cm³/mol. The molecule has 2 amide bonds. The Hall–Kier alpha value is -2.68. The SMILES string of the molecule is CC1c2nnc(C3CCCC3)n2CCN1C(=O)NCc1ccnc(N2CCOCC2)c1. The van der Waals surface area contributed by atoms with E-state index in [1.165, 1.54) is 25.7 Å². The molecule has 2 aromatic heterocycles. The van der Waals surface area contributed by atoms with Gasteiger partial charge in [0.25, 0.3) is 0 Å². The Balaban J connectivity index is 1.21. The first kappa shape index (κ1) is 20.2.